The first-order valence-corrected chi connectivity index (χ1v) is 12.2. The summed E-state index contributed by atoms with van der Waals surface area (Å²) in [5.74, 6) is 0.727. The molecule has 0 aliphatic heterocycles. The fourth-order valence-electron chi connectivity index (χ4n) is 3.94. The number of phenols is 1. The van der Waals surface area contributed by atoms with Gasteiger partial charge in [0, 0.05) is 0 Å². The summed E-state index contributed by atoms with van der Waals surface area (Å²) >= 11 is 0. The summed E-state index contributed by atoms with van der Waals surface area (Å²) < 4.78 is 16.0. The zero-order valence-electron chi connectivity index (χ0n) is 21.0. The smallest absolute Gasteiger partial charge is 0.343 e. The minimum Gasteiger partial charge on any atom is -0.508 e. The molecule has 6 heteroatoms. The Hall–Kier alpha value is -5.36. The topological polar surface area (TPSA) is 82.1 Å². The predicted octanol–water partition coefficient (Wildman–Crippen LogP) is 7.17. The Morgan fingerprint density at radius 3 is 1.13 bits per heavy atom. The van der Waals surface area contributed by atoms with Crippen molar-refractivity contribution in [1.29, 1.82) is 0 Å². The van der Waals surface area contributed by atoms with Crippen LogP contribution in [0.15, 0.2) is 121 Å². The third-order valence-corrected chi connectivity index (χ3v) is 6.11. The zero-order valence-corrected chi connectivity index (χ0v) is 21.0. The molecule has 0 saturated carbocycles. The lowest BCUT2D eigenvalue weighted by Gasteiger charge is -2.09. The van der Waals surface area contributed by atoms with Crippen LogP contribution in [-0.4, -0.2) is 24.2 Å². The number of benzene rings is 5. The maximum atomic E-state index is 12.4. The van der Waals surface area contributed by atoms with Crippen molar-refractivity contribution in [2.75, 3.05) is 7.11 Å². The molecule has 0 amide bonds. The second-order valence-corrected chi connectivity index (χ2v) is 8.68. The Balaban J connectivity index is 1.20. The number of esters is 2. The molecule has 0 radical (unpaired) electrons. The molecule has 0 spiro atoms. The summed E-state index contributed by atoms with van der Waals surface area (Å²) in [4.78, 5) is 24.7. The first-order valence-electron chi connectivity index (χ1n) is 12.2. The van der Waals surface area contributed by atoms with Crippen LogP contribution in [0.25, 0.3) is 22.3 Å². The molecule has 0 aliphatic rings. The van der Waals surface area contributed by atoms with Gasteiger partial charge < -0.3 is 19.3 Å². The molecular formula is C33H24O6. The lowest BCUT2D eigenvalue weighted by atomic mass is 10.0. The van der Waals surface area contributed by atoms with Crippen LogP contribution in [0, 0.1) is 0 Å². The van der Waals surface area contributed by atoms with Gasteiger partial charge in [0.2, 0.25) is 0 Å². The number of methoxy groups -OCH3 is 1. The molecule has 39 heavy (non-hydrogen) atoms. The molecular weight excluding hydrogens is 492 g/mol. The summed E-state index contributed by atoms with van der Waals surface area (Å²) in [5.41, 5.74) is 4.80. The van der Waals surface area contributed by atoms with Crippen molar-refractivity contribution < 1.29 is 28.9 Å². The van der Waals surface area contributed by atoms with Gasteiger partial charge in [0.25, 0.3) is 0 Å². The van der Waals surface area contributed by atoms with Crippen molar-refractivity contribution in [3.8, 4) is 45.3 Å². The highest BCUT2D eigenvalue weighted by molar-refractivity contribution is 5.92. The van der Waals surface area contributed by atoms with Gasteiger partial charge >= 0.3 is 11.9 Å². The van der Waals surface area contributed by atoms with Crippen molar-refractivity contribution in [1.82, 2.24) is 0 Å². The highest BCUT2D eigenvalue weighted by atomic mass is 16.5. The molecule has 0 atom stereocenters. The third-order valence-electron chi connectivity index (χ3n) is 6.11. The number of rotatable bonds is 7. The molecule has 192 valence electrons. The normalized spacial score (nSPS) is 10.5. The molecule has 5 aromatic rings. The van der Waals surface area contributed by atoms with E-state index in [1.54, 1.807) is 55.6 Å². The van der Waals surface area contributed by atoms with E-state index in [2.05, 4.69) is 0 Å². The lowest BCUT2D eigenvalue weighted by Crippen LogP contribution is -2.08. The van der Waals surface area contributed by atoms with Gasteiger partial charge in [0.15, 0.2) is 0 Å². The molecule has 0 aliphatic carbocycles. The molecule has 5 rings (SSSR count). The monoisotopic (exact) mass is 516 g/mol. The predicted molar refractivity (Wildman–Crippen MR) is 148 cm³/mol. The summed E-state index contributed by atoms with van der Waals surface area (Å²) in [6.45, 7) is 0. The van der Waals surface area contributed by atoms with E-state index >= 15 is 0 Å². The molecule has 0 bridgehead atoms. The van der Waals surface area contributed by atoms with Crippen molar-refractivity contribution in [2.45, 2.75) is 0 Å². The molecule has 0 unspecified atom stereocenters. The van der Waals surface area contributed by atoms with E-state index < -0.39 is 11.9 Å². The summed E-state index contributed by atoms with van der Waals surface area (Å²) in [6, 6.07) is 35.3. The van der Waals surface area contributed by atoms with E-state index in [9.17, 15) is 14.7 Å². The van der Waals surface area contributed by atoms with Crippen LogP contribution in [0.1, 0.15) is 20.7 Å². The van der Waals surface area contributed by atoms with Gasteiger partial charge in [-0.25, -0.2) is 9.59 Å². The SMILES string of the molecule is COc1ccc(C(=O)Oc2ccc(-c3ccc(-c4ccc(OC(=O)c5ccc(O)cc5)cc4)cc3)cc2)cc1. The van der Waals surface area contributed by atoms with E-state index in [0.29, 0.717) is 28.4 Å². The van der Waals surface area contributed by atoms with Gasteiger partial charge in [-0.3, -0.25) is 0 Å². The number of carbonyl (C=O) groups is 2. The standard InChI is InChI=1S/C33H24O6/c1-37-29-16-12-27(13-17-29)33(36)39-31-20-10-25(11-21-31)23-4-2-22(3-5-23)24-8-18-30(19-9-24)38-32(35)26-6-14-28(34)15-7-26/h2-21,34H,1H3. The first-order chi connectivity index (χ1) is 19.0. The van der Waals surface area contributed by atoms with E-state index in [1.165, 1.54) is 24.3 Å². The Morgan fingerprint density at radius 1 is 0.462 bits per heavy atom. The molecule has 1 N–H and O–H groups in total. The van der Waals surface area contributed by atoms with Gasteiger partial charge in [-0.1, -0.05) is 48.5 Å². The van der Waals surface area contributed by atoms with Gasteiger partial charge in [-0.15, -0.1) is 0 Å². The second-order valence-electron chi connectivity index (χ2n) is 8.68. The molecule has 6 nitrogen and oxygen atoms in total. The van der Waals surface area contributed by atoms with Gasteiger partial charge in [-0.05, 0) is 95.1 Å². The Bertz CT molecular complexity index is 1570. The zero-order chi connectivity index (χ0) is 27.2. The summed E-state index contributed by atoms with van der Waals surface area (Å²) in [5, 5.41) is 9.37. The summed E-state index contributed by atoms with van der Waals surface area (Å²) in [7, 11) is 1.57. The van der Waals surface area contributed by atoms with Crippen LogP contribution < -0.4 is 14.2 Å². The van der Waals surface area contributed by atoms with Crippen molar-refractivity contribution in [3.63, 3.8) is 0 Å². The number of carbonyl (C=O) groups excluding carboxylic acids is 2. The first kappa shape index (κ1) is 25.3. The maximum Gasteiger partial charge on any atom is 0.343 e. The van der Waals surface area contributed by atoms with Crippen molar-refractivity contribution >= 4 is 11.9 Å². The average Bonchev–Trinajstić information content (AvgIpc) is 2.98. The van der Waals surface area contributed by atoms with Crippen LogP contribution in [0.4, 0.5) is 0 Å². The van der Waals surface area contributed by atoms with Gasteiger partial charge in [0.05, 0.1) is 18.2 Å². The van der Waals surface area contributed by atoms with Crippen LogP contribution in [-0.2, 0) is 0 Å². The van der Waals surface area contributed by atoms with Crippen LogP contribution in [0.3, 0.4) is 0 Å². The quantitative estimate of drug-likeness (QED) is 0.182. The van der Waals surface area contributed by atoms with Gasteiger partial charge in [0.1, 0.15) is 23.0 Å². The summed E-state index contributed by atoms with van der Waals surface area (Å²) in [6.07, 6.45) is 0. The lowest BCUT2D eigenvalue weighted by molar-refractivity contribution is 0.0725. The van der Waals surface area contributed by atoms with Crippen molar-refractivity contribution in [3.05, 3.63) is 132 Å². The Morgan fingerprint density at radius 2 is 0.769 bits per heavy atom. The van der Waals surface area contributed by atoms with Crippen LogP contribution in [0.2, 0.25) is 0 Å². The fraction of sp³-hybridized carbons (Fsp3) is 0.0303. The third kappa shape index (κ3) is 6.14. The average molecular weight is 517 g/mol. The van der Waals surface area contributed by atoms with E-state index in [4.69, 9.17) is 14.2 Å². The highest BCUT2D eigenvalue weighted by Crippen LogP contribution is 2.28. The van der Waals surface area contributed by atoms with E-state index in [0.717, 1.165) is 22.3 Å². The largest absolute Gasteiger partial charge is 0.508 e. The van der Waals surface area contributed by atoms with Crippen LogP contribution >= 0.6 is 0 Å². The molecule has 0 heterocycles. The Kier molecular flexibility index (Phi) is 7.37. The minimum absolute atomic E-state index is 0.0881. The van der Waals surface area contributed by atoms with Crippen LogP contribution in [0.5, 0.6) is 23.0 Å². The number of ether oxygens (including phenoxy) is 3. The highest BCUT2D eigenvalue weighted by Gasteiger charge is 2.10. The van der Waals surface area contributed by atoms with Gasteiger partial charge in [-0.2, -0.15) is 0 Å². The molecule has 0 saturated heterocycles. The number of hydrogen-bond acceptors (Lipinski definition) is 6. The molecule has 5 aromatic carbocycles. The Labute approximate surface area is 225 Å². The van der Waals surface area contributed by atoms with Crippen molar-refractivity contribution in [2.24, 2.45) is 0 Å². The number of hydrogen-bond donors (Lipinski definition) is 1. The maximum absolute atomic E-state index is 12.4. The second kappa shape index (κ2) is 11.4. The fourth-order valence-corrected chi connectivity index (χ4v) is 3.94. The van der Waals surface area contributed by atoms with E-state index in [1.807, 2.05) is 48.5 Å². The number of aromatic hydroxyl groups is 1. The number of phenolic OH excluding ortho intramolecular Hbond substituents is 1. The minimum atomic E-state index is -0.492. The molecule has 0 aromatic heterocycles. The molecule has 0 fully saturated rings. The van der Waals surface area contributed by atoms with E-state index in [-0.39, 0.29) is 5.75 Å².